The van der Waals surface area contributed by atoms with Crippen LogP contribution in [0.1, 0.15) is 32.3 Å². The lowest BCUT2D eigenvalue weighted by Crippen LogP contribution is -2.12. The van der Waals surface area contributed by atoms with E-state index in [-0.39, 0.29) is 28.6 Å². The van der Waals surface area contributed by atoms with E-state index in [4.69, 9.17) is 23.4 Å². The number of phenols is 1. The number of hydrogen-bond acceptors (Lipinski definition) is 7. The normalized spacial score (nSPS) is 13.1. The van der Waals surface area contributed by atoms with Crippen LogP contribution in [0.3, 0.4) is 0 Å². The maximum Gasteiger partial charge on any atom is 0.200 e. The highest BCUT2D eigenvalue weighted by Crippen LogP contribution is 2.42. The van der Waals surface area contributed by atoms with E-state index in [2.05, 4.69) is 0 Å². The first kappa shape index (κ1) is 25.2. The van der Waals surface area contributed by atoms with Crippen LogP contribution in [0, 0.1) is 5.92 Å². The molecular formula is C29H32O7. The molecule has 1 fully saturated rings. The number of rotatable bonds is 10. The van der Waals surface area contributed by atoms with E-state index < -0.39 is 0 Å². The summed E-state index contributed by atoms with van der Waals surface area (Å²) in [7, 11) is 4.61. The number of benzene rings is 2. The van der Waals surface area contributed by atoms with E-state index in [1.807, 2.05) is 32.1 Å². The molecule has 0 aliphatic heterocycles. The van der Waals surface area contributed by atoms with Gasteiger partial charge in [-0.15, -0.1) is 0 Å². The minimum absolute atomic E-state index is 0.113. The van der Waals surface area contributed by atoms with Crippen molar-refractivity contribution in [1.29, 1.82) is 0 Å². The van der Waals surface area contributed by atoms with E-state index in [0.29, 0.717) is 52.4 Å². The van der Waals surface area contributed by atoms with Gasteiger partial charge in [0.25, 0.3) is 0 Å². The zero-order chi connectivity index (χ0) is 25.8. The van der Waals surface area contributed by atoms with Gasteiger partial charge < -0.3 is 28.5 Å². The van der Waals surface area contributed by atoms with Gasteiger partial charge in [0.15, 0.2) is 11.5 Å². The van der Waals surface area contributed by atoms with Crippen molar-refractivity contribution in [3.8, 4) is 40.1 Å². The smallest absolute Gasteiger partial charge is 0.200 e. The number of hydrogen-bond donors (Lipinski definition) is 1. The van der Waals surface area contributed by atoms with Gasteiger partial charge in [-0.25, -0.2) is 0 Å². The van der Waals surface area contributed by atoms with Gasteiger partial charge in [-0.3, -0.25) is 4.79 Å². The second-order valence-corrected chi connectivity index (χ2v) is 9.09. The molecule has 7 heteroatoms. The number of fused-ring (bicyclic) bond motifs is 1. The van der Waals surface area contributed by atoms with E-state index in [9.17, 15) is 9.90 Å². The third-order valence-electron chi connectivity index (χ3n) is 6.06. The number of methoxy groups -OCH3 is 3. The van der Waals surface area contributed by atoms with Crippen molar-refractivity contribution in [1.82, 2.24) is 0 Å². The van der Waals surface area contributed by atoms with Gasteiger partial charge in [0, 0.05) is 23.8 Å². The molecule has 1 saturated carbocycles. The van der Waals surface area contributed by atoms with Crippen LogP contribution in [0.15, 0.2) is 57.3 Å². The summed E-state index contributed by atoms with van der Waals surface area (Å²) < 4.78 is 28.7. The fourth-order valence-electron chi connectivity index (χ4n) is 3.95. The molecule has 1 aromatic heterocycles. The molecule has 1 aliphatic carbocycles. The van der Waals surface area contributed by atoms with Gasteiger partial charge in [-0.05, 0) is 45.1 Å². The Morgan fingerprint density at radius 1 is 1.03 bits per heavy atom. The van der Waals surface area contributed by atoms with Gasteiger partial charge in [-0.1, -0.05) is 23.8 Å². The Kier molecular flexibility index (Phi) is 7.58. The van der Waals surface area contributed by atoms with Crippen molar-refractivity contribution in [3.63, 3.8) is 0 Å². The van der Waals surface area contributed by atoms with E-state index in [0.717, 1.165) is 18.4 Å². The number of phenolic OH excluding ortho intramolecular Hbond substituents is 1. The van der Waals surface area contributed by atoms with Crippen molar-refractivity contribution in [3.05, 3.63) is 63.9 Å². The van der Waals surface area contributed by atoms with E-state index in [1.165, 1.54) is 20.3 Å². The minimum Gasteiger partial charge on any atom is -0.507 e. The largest absolute Gasteiger partial charge is 0.507 e. The highest BCUT2D eigenvalue weighted by molar-refractivity contribution is 5.88. The minimum atomic E-state index is -0.323. The molecule has 3 aromatic rings. The summed E-state index contributed by atoms with van der Waals surface area (Å²) in [5.74, 6) is 2.55. The Bertz CT molecular complexity index is 1370. The third-order valence-corrected chi connectivity index (χ3v) is 6.06. The summed E-state index contributed by atoms with van der Waals surface area (Å²) in [5.41, 5.74) is 1.96. The standard InChI is InChI=1S/C29H32O7/c1-17(2)8-6-7-9-20-28(31)27-22(30)12-19(35-16-18-10-11-18)13-26(27)36-29(20)21-14-24(33-4)25(34-5)15-23(21)32-3/h6-8,12-15,18,30H,9-11,16H2,1-5H3/b7-6+. The summed E-state index contributed by atoms with van der Waals surface area (Å²) in [6.07, 6.45) is 8.30. The van der Waals surface area contributed by atoms with Crippen molar-refractivity contribution in [2.24, 2.45) is 5.92 Å². The monoisotopic (exact) mass is 492 g/mol. The Morgan fingerprint density at radius 3 is 2.36 bits per heavy atom. The molecule has 1 N–H and O–H groups in total. The molecule has 7 nitrogen and oxygen atoms in total. The van der Waals surface area contributed by atoms with Gasteiger partial charge in [0.1, 0.15) is 34.0 Å². The molecule has 0 amide bonds. The summed E-state index contributed by atoms with van der Waals surface area (Å²) in [6.45, 7) is 4.56. The molecule has 0 bridgehead atoms. The second-order valence-electron chi connectivity index (χ2n) is 9.09. The Labute approximate surface area is 210 Å². The van der Waals surface area contributed by atoms with Gasteiger partial charge in [0.2, 0.25) is 5.43 Å². The van der Waals surface area contributed by atoms with Gasteiger partial charge in [0.05, 0.1) is 33.5 Å². The summed E-state index contributed by atoms with van der Waals surface area (Å²) in [4.78, 5) is 13.7. The van der Waals surface area contributed by atoms with Crippen LogP contribution in [0.4, 0.5) is 0 Å². The zero-order valence-electron chi connectivity index (χ0n) is 21.3. The van der Waals surface area contributed by atoms with Crippen LogP contribution in [-0.4, -0.2) is 33.0 Å². The van der Waals surface area contributed by atoms with Gasteiger partial charge >= 0.3 is 0 Å². The molecule has 36 heavy (non-hydrogen) atoms. The molecule has 190 valence electrons. The van der Waals surface area contributed by atoms with E-state index in [1.54, 1.807) is 25.3 Å². The average Bonchev–Trinajstić information content (AvgIpc) is 3.69. The van der Waals surface area contributed by atoms with Crippen LogP contribution >= 0.6 is 0 Å². The molecule has 2 aromatic carbocycles. The molecule has 0 radical (unpaired) electrons. The molecule has 4 rings (SSSR count). The fraction of sp³-hybridized carbons (Fsp3) is 0.345. The quantitative estimate of drug-likeness (QED) is 0.345. The zero-order valence-corrected chi connectivity index (χ0v) is 21.3. The highest BCUT2D eigenvalue weighted by Gasteiger charge is 2.25. The Hall–Kier alpha value is -3.87. The summed E-state index contributed by atoms with van der Waals surface area (Å²) in [6, 6.07) is 6.53. The average molecular weight is 493 g/mol. The number of ether oxygens (including phenoxy) is 4. The third kappa shape index (κ3) is 5.35. The first-order valence-corrected chi connectivity index (χ1v) is 11.9. The Balaban J connectivity index is 1.94. The Morgan fingerprint density at radius 2 is 1.72 bits per heavy atom. The summed E-state index contributed by atoms with van der Waals surface area (Å²) in [5, 5.41) is 10.9. The first-order chi connectivity index (χ1) is 17.4. The molecule has 0 unspecified atom stereocenters. The molecule has 0 atom stereocenters. The topological polar surface area (TPSA) is 87.4 Å². The molecule has 0 saturated heterocycles. The maximum absolute atomic E-state index is 13.7. The second kappa shape index (κ2) is 10.8. The summed E-state index contributed by atoms with van der Waals surface area (Å²) >= 11 is 0. The van der Waals surface area contributed by atoms with Crippen molar-refractivity contribution in [2.45, 2.75) is 33.1 Å². The lowest BCUT2D eigenvalue weighted by Gasteiger charge is -2.16. The van der Waals surface area contributed by atoms with Crippen LogP contribution in [-0.2, 0) is 6.42 Å². The maximum atomic E-state index is 13.7. The molecule has 1 heterocycles. The predicted molar refractivity (Wildman–Crippen MR) is 140 cm³/mol. The van der Waals surface area contributed by atoms with Crippen LogP contribution in [0.25, 0.3) is 22.3 Å². The van der Waals surface area contributed by atoms with Crippen molar-refractivity contribution < 1.29 is 28.5 Å². The lowest BCUT2D eigenvalue weighted by molar-refractivity contribution is 0.298. The predicted octanol–water partition coefficient (Wildman–Crippen LogP) is 6.05. The van der Waals surface area contributed by atoms with Gasteiger partial charge in [-0.2, -0.15) is 0 Å². The molecule has 0 spiro atoms. The van der Waals surface area contributed by atoms with Crippen LogP contribution in [0.5, 0.6) is 28.7 Å². The van der Waals surface area contributed by atoms with Crippen molar-refractivity contribution >= 4 is 11.0 Å². The van der Waals surface area contributed by atoms with Crippen LogP contribution < -0.4 is 24.4 Å². The number of aromatic hydroxyl groups is 1. The van der Waals surface area contributed by atoms with Crippen LogP contribution in [0.2, 0.25) is 0 Å². The SMILES string of the molecule is COc1cc(OC)c(-c2oc3cc(OCC4CC4)cc(O)c3c(=O)c2C/C=C/C=C(C)C)cc1OC. The van der Waals surface area contributed by atoms with Crippen molar-refractivity contribution in [2.75, 3.05) is 27.9 Å². The van der Waals surface area contributed by atoms with E-state index >= 15 is 0 Å². The number of allylic oxidation sites excluding steroid dienone is 4. The lowest BCUT2D eigenvalue weighted by atomic mass is 10.00. The molecule has 1 aliphatic rings. The fourth-order valence-corrected chi connectivity index (χ4v) is 3.95. The highest BCUT2D eigenvalue weighted by atomic mass is 16.5. The first-order valence-electron chi connectivity index (χ1n) is 11.9. The molecular weight excluding hydrogens is 460 g/mol.